The van der Waals surface area contributed by atoms with E-state index in [0.717, 1.165) is 5.56 Å². The Kier molecular flexibility index (Phi) is 5.28. The highest BCUT2D eigenvalue weighted by molar-refractivity contribution is 5.92. The van der Waals surface area contributed by atoms with Crippen molar-refractivity contribution in [3.63, 3.8) is 0 Å². The smallest absolute Gasteiger partial charge is 0.321 e. The fraction of sp³-hybridized carbons (Fsp3) is 0.286. The monoisotopic (exact) mass is 435 g/mol. The lowest BCUT2D eigenvalue weighted by molar-refractivity contribution is 0.0945. The maximum Gasteiger partial charge on any atom is 0.321 e. The first-order valence-electron chi connectivity index (χ1n) is 10.2. The van der Waals surface area contributed by atoms with Crippen LogP contribution in [0.3, 0.4) is 0 Å². The lowest BCUT2D eigenvalue weighted by atomic mass is 10.1. The number of nitrogens with one attached hydrogen (secondary N) is 2. The van der Waals surface area contributed by atoms with E-state index >= 15 is 0 Å². The quantitative estimate of drug-likeness (QED) is 0.622. The van der Waals surface area contributed by atoms with Crippen LogP contribution in [-0.4, -0.2) is 63.1 Å². The van der Waals surface area contributed by atoms with Gasteiger partial charge in [-0.2, -0.15) is 0 Å². The fourth-order valence-electron chi connectivity index (χ4n) is 3.44. The summed E-state index contributed by atoms with van der Waals surface area (Å²) in [5, 5.41) is 13.7. The molecule has 2 aliphatic rings. The third kappa shape index (κ3) is 4.17. The lowest BCUT2D eigenvalue weighted by Gasteiger charge is -2.38. The standard InChI is InChI=1S/C21H21N7O4/c29-20(23-10-14-3-5-22-6-4-14)17-13-28(26-25-17)16-11-27(12-16)21(30)24-15-1-2-18-19(9-15)32-8-7-31-18/h1-6,9,13,16H,7-8,10-12H2,(H,23,29)(H,24,30). The van der Waals surface area contributed by atoms with Crippen molar-refractivity contribution < 1.29 is 19.1 Å². The van der Waals surface area contributed by atoms with Gasteiger partial charge in [-0.3, -0.25) is 9.78 Å². The molecule has 1 saturated heterocycles. The van der Waals surface area contributed by atoms with E-state index in [-0.39, 0.29) is 23.7 Å². The molecule has 0 aliphatic carbocycles. The van der Waals surface area contributed by atoms with Gasteiger partial charge in [0.2, 0.25) is 0 Å². The Hall–Kier alpha value is -4.15. The van der Waals surface area contributed by atoms with Gasteiger partial charge in [-0.05, 0) is 29.8 Å². The Bertz CT molecular complexity index is 1130. The van der Waals surface area contributed by atoms with E-state index in [1.54, 1.807) is 46.4 Å². The topological polar surface area (TPSA) is 124 Å². The number of carbonyl (C=O) groups excluding carboxylic acids is 2. The normalized spacial score (nSPS) is 15.1. The van der Waals surface area contributed by atoms with Crippen LogP contribution in [-0.2, 0) is 6.54 Å². The molecule has 0 unspecified atom stereocenters. The zero-order valence-electron chi connectivity index (χ0n) is 17.1. The highest BCUT2D eigenvalue weighted by Crippen LogP contribution is 2.33. The van der Waals surface area contributed by atoms with Crippen LogP contribution in [0, 0.1) is 0 Å². The zero-order valence-corrected chi connectivity index (χ0v) is 17.1. The second-order valence-corrected chi connectivity index (χ2v) is 7.47. The molecule has 32 heavy (non-hydrogen) atoms. The number of benzene rings is 1. The summed E-state index contributed by atoms with van der Waals surface area (Å²) in [4.78, 5) is 30.4. The van der Waals surface area contributed by atoms with E-state index in [1.807, 2.05) is 12.1 Å². The van der Waals surface area contributed by atoms with Crippen molar-refractivity contribution in [2.75, 3.05) is 31.6 Å². The van der Waals surface area contributed by atoms with Gasteiger partial charge in [0.25, 0.3) is 5.91 Å². The van der Waals surface area contributed by atoms with Crippen LogP contribution >= 0.6 is 0 Å². The first-order chi connectivity index (χ1) is 15.7. The van der Waals surface area contributed by atoms with E-state index in [2.05, 4.69) is 25.9 Å². The number of fused-ring (bicyclic) bond motifs is 1. The average Bonchev–Trinajstić information content (AvgIpc) is 3.27. The van der Waals surface area contributed by atoms with Crippen LogP contribution in [0.4, 0.5) is 10.5 Å². The Labute approximate surface area is 183 Å². The molecule has 4 heterocycles. The van der Waals surface area contributed by atoms with E-state index in [0.29, 0.717) is 50.0 Å². The van der Waals surface area contributed by atoms with Crippen molar-refractivity contribution in [2.24, 2.45) is 0 Å². The molecule has 3 amide bonds. The van der Waals surface area contributed by atoms with Crippen LogP contribution in [0.25, 0.3) is 0 Å². The minimum absolute atomic E-state index is 0.0322. The number of amides is 3. The Morgan fingerprint density at radius 1 is 1.06 bits per heavy atom. The van der Waals surface area contributed by atoms with Gasteiger partial charge in [0.05, 0.1) is 12.2 Å². The molecule has 0 radical (unpaired) electrons. The van der Waals surface area contributed by atoms with E-state index in [4.69, 9.17) is 9.47 Å². The summed E-state index contributed by atoms with van der Waals surface area (Å²) in [6, 6.07) is 8.71. The second-order valence-electron chi connectivity index (χ2n) is 7.47. The zero-order chi connectivity index (χ0) is 21.9. The van der Waals surface area contributed by atoms with Crippen LogP contribution < -0.4 is 20.1 Å². The van der Waals surface area contributed by atoms with Crippen molar-refractivity contribution in [1.82, 2.24) is 30.2 Å². The maximum atomic E-state index is 12.5. The summed E-state index contributed by atoms with van der Waals surface area (Å²) in [7, 11) is 0. The maximum absolute atomic E-state index is 12.5. The number of hydrogen-bond acceptors (Lipinski definition) is 7. The van der Waals surface area contributed by atoms with E-state index < -0.39 is 0 Å². The SMILES string of the molecule is O=C(NCc1ccncc1)c1cn(C2CN(C(=O)Nc3ccc4c(c3)OCCO4)C2)nn1. The molecule has 0 bridgehead atoms. The predicted octanol–water partition coefficient (Wildman–Crippen LogP) is 1.46. The van der Waals surface area contributed by atoms with Crippen LogP contribution in [0.5, 0.6) is 11.5 Å². The minimum atomic E-state index is -0.305. The lowest BCUT2D eigenvalue weighted by Crippen LogP contribution is -2.52. The molecule has 0 spiro atoms. The largest absolute Gasteiger partial charge is 0.486 e. The van der Waals surface area contributed by atoms with Crippen molar-refractivity contribution in [3.8, 4) is 11.5 Å². The molecule has 11 nitrogen and oxygen atoms in total. The van der Waals surface area contributed by atoms with Crippen LogP contribution in [0.2, 0.25) is 0 Å². The first-order valence-corrected chi connectivity index (χ1v) is 10.2. The molecular weight excluding hydrogens is 414 g/mol. The third-order valence-electron chi connectivity index (χ3n) is 5.26. The Morgan fingerprint density at radius 2 is 1.84 bits per heavy atom. The fourth-order valence-corrected chi connectivity index (χ4v) is 3.44. The van der Waals surface area contributed by atoms with Gasteiger partial charge in [0, 0.05) is 43.8 Å². The summed E-state index contributed by atoms with van der Waals surface area (Å²) in [6.45, 7) is 2.32. The summed E-state index contributed by atoms with van der Waals surface area (Å²) >= 11 is 0. The number of hydrogen-bond donors (Lipinski definition) is 2. The molecular formula is C21H21N7O4. The van der Waals surface area contributed by atoms with Gasteiger partial charge in [0.1, 0.15) is 13.2 Å². The summed E-state index contributed by atoms with van der Waals surface area (Å²) in [5.41, 5.74) is 1.81. The molecule has 0 saturated carbocycles. The number of anilines is 1. The summed E-state index contributed by atoms with van der Waals surface area (Å²) in [5.74, 6) is 0.985. The minimum Gasteiger partial charge on any atom is -0.486 e. The molecule has 5 rings (SSSR count). The summed E-state index contributed by atoms with van der Waals surface area (Å²) < 4.78 is 12.6. The van der Waals surface area contributed by atoms with Gasteiger partial charge in [-0.15, -0.1) is 5.10 Å². The van der Waals surface area contributed by atoms with Crippen LogP contribution in [0.1, 0.15) is 22.1 Å². The van der Waals surface area contributed by atoms with Gasteiger partial charge in [-0.1, -0.05) is 5.21 Å². The molecule has 164 valence electrons. The number of pyridine rings is 1. The highest BCUT2D eigenvalue weighted by atomic mass is 16.6. The van der Waals surface area contributed by atoms with E-state index in [9.17, 15) is 9.59 Å². The van der Waals surface area contributed by atoms with Crippen molar-refractivity contribution in [1.29, 1.82) is 0 Å². The molecule has 1 aromatic carbocycles. The number of ether oxygens (including phenoxy) is 2. The van der Waals surface area contributed by atoms with Gasteiger partial charge >= 0.3 is 6.03 Å². The molecule has 1 fully saturated rings. The van der Waals surface area contributed by atoms with Crippen molar-refractivity contribution in [3.05, 3.63) is 60.2 Å². The summed E-state index contributed by atoms with van der Waals surface area (Å²) in [6.07, 6.45) is 4.94. The Morgan fingerprint density at radius 3 is 2.66 bits per heavy atom. The number of urea groups is 1. The number of likely N-dealkylation sites (tertiary alicyclic amines) is 1. The van der Waals surface area contributed by atoms with E-state index in [1.165, 1.54) is 0 Å². The molecule has 3 aromatic rings. The van der Waals surface area contributed by atoms with Gasteiger partial charge < -0.3 is 25.0 Å². The number of aromatic nitrogens is 4. The van der Waals surface area contributed by atoms with Gasteiger partial charge in [-0.25, -0.2) is 9.48 Å². The average molecular weight is 435 g/mol. The predicted molar refractivity (Wildman–Crippen MR) is 112 cm³/mol. The molecule has 2 aliphatic heterocycles. The number of carbonyl (C=O) groups is 2. The van der Waals surface area contributed by atoms with Crippen molar-refractivity contribution in [2.45, 2.75) is 12.6 Å². The molecule has 11 heteroatoms. The highest BCUT2D eigenvalue weighted by Gasteiger charge is 2.33. The molecule has 2 aromatic heterocycles. The first kappa shape index (κ1) is 19.8. The number of rotatable bonds is 5. The number of nitrogens with zero attached hydrogens (tertiary/aromatic N) is 5. The molecule has 0 atom stereocenters. The second kappa shape index (κ2) is 8.53. The molecule has 2 N–H and O–H groups in total. The van der Waals surface area contributed by atoms with Crippen molar-refractivity contribution >= 4 is 17.6 Å². The van der Waals surface area contributed by atoms with Gasteiger partial charge in [0.15, 0.2) is 17.2 Å². The van der Waals surface area contributed by atoms with Crippen LogP contribution in [0.15, 0.2) is 48.9 Å². The Balaban J connectivity index is 1.12. The third-order valence-corrected chi connectivity index (χ3v) is 5.26.